The van der Waals surface area contributed by atoms with Crippen LogP contribution in [-0.2, 0) is 6.42 Å². The minimum absolute atomic E-state index is 0.285. The molecule has 3 nitrogen and oxygen atoms in total. The molecule has 1 N–H and O–H groups in total. The largest absolute Gasteiger partial charge is 0.313 e. The van der Waals surface area contributed by atoms with Crippen LogP contribution in [0.15, 0.2) is 41.0 Å². The van der Waals surface area contributed by atoms with Crippen molar-refractivity contribution in [3.63, 3.8) is 0 Å². The zero-order valence-corrected chi connectivity index (χ0v) is 13.9. The van der Waals surface area contributed by atoms with Gasteiger partial charge in [-0.25, -0.2) is 0 Å². The van der Waals surface area contributed by atoms with Gasteiger partial charge in [-0.05, 0) is 44.2 Å². The molecular formula is C16H22BrN3. The van der Waals surface area contributed by atoms with Gasteiger partial charge in [-0.3, -0.25) is 4.68 Å². The van der Waals surface area contributed by atoms with Crippen LogP contribution in [0.4, 0.5) is 0 Å². The Hall–Kier alpha value is -1.13. The molecule has 0 aliphatic rings. The molecule has 0 amide bonds. The van der Waals surface area contributed by atoms with Gasteiger partial charge in [-0.15, -0.1) is 0 Å². The maximum Gasteiger partial charge on any atom is 0.0643 e. The minimum atomic E-state index is 0.285. The van der Waals surface area contributed by atoms with E-state index >= 15 is 0 Å². The van der Waals surface area contributed by atoms with E-state index in [1.165, 1.54) is 5.56 Å². The maximum atomic E-state index is 4.68. The van der Waals surface area contributed by atoms with Gasteiger partial charge in [-0.2, -0.15) is 5.10 Å². The van der Waals surface area contributed by atoms with Crippen LogP contribution in [0.1, 0.15) is 43.6 Å². The minimum Gasteiger partial charge on any atom is -0.313 e. The fourth-order valence-corrected chi connectivity index (χ4v) is 2.65. The summed E-state index contributed by atoms with van der Waals surface area (Å²) >= 11 is 3.53. The van der Waals surface area contributed by atoms with Gasteiger partial charge in [0.2, 0.25) is 0 Å². The zero-order valence-electron chi connectivity index (χ0n) is 12.3. The van der Waals surface area contributed by atoms with Gasteiger partial charge in [0, 0.05) is 29.2 Å². The molecule has 0 saturated heterocycles. The van der Waals surface area contributed by atoms with Gasteiger partial charge in [0.25, 0.3) is 0 Å². The van der Waals surface area contributed by atoms with Crippen LogP contribution in [0.2, 0.25) is 0 Å². The number of rotatable bonds is 6. The second kappa shape index (κ2) is 7.04. The second-order valence-electron chi connectivity index (χ2n) is 5.14. The van der Waals surface area contributed by atoms with Crippen LogP contribution in [0, 0.1) is 0 Å². The summed E-state index contributed by atoms with van der Waals surface area (Å²) in [5.41, 5.74) is 2.41. The summed E-state index contributed by atoms with van der Waals surface area (Å²) in [5.74, 6) is 0. The average Bonchev–Trinajstić information content (AvgIpc) is 2.92. The van der Waals surface area contributed by atoms with Crippen LogP contribution >= 0.6 is 15.9 Å². The molecule has 0 saturated carbocycles. The molecule has 2 atom stereocenters. The molecule has 1 aromatic heterocycles. The molecule has 0 aliphatic carbocycles. The smallest absolute Gasteiger partial charge is 0.0643 e. The normalized spacial score (nSPS) is 14.2. The third kappa shape index (κ3) is 3.70. The Bertz CT molecular complexity index is 550. The zero-order chi connectivity index (χ0) is 14.5. The van der Waals surface area contributed by atoms with E-state index in [0.717, 1.165) is 23.0 Å². The first-order valence-electron chi connectivity index (χ1n) is 7.10. The van der Waals surface area contributed by atoms with Gasteiger partial charge in [0.15, 0.2) is 0 Å². The predicted octanol–water partition coefficient (Wildman–Crippen LogP) is 4.12. The van der Waals surface area contributed by atoms with Gasteiger partial charge in [0.05, 0.1) is 5.69 Å². The predicted molar refractivity (Wildman–Crippen MR) is 86.9 cm³/mol. The monoisotopic (exact) mass is 335 g/mol. The highest BCUT2D eigenvalue weighted by molar-refractivity contribution is 9.10. The van der Waals surface area contributed by atoms with Crippen LogP contribution in [0.3, 0.4) is 0 Å². The van der Waals surface area contributed by atoms with Crippen molar-refractivity contribution in [1.82, 2.24) is 15.1 Å². The molecule has 2 rings (SSSR count). The summed E-state index contributed by atoms with van der Waals surface area (Å²) in [6, 6.07) is 11.3. The van der Waals surface area contributed by atoms with E-state index in [-0.39, 0.29) is 6.04 Å². The van der Waals surface area contributed by atoms with Gasteiger partial charge in [-0.1, -0.05) is 35.0 Å². The van der Waals surface area contributed by atoms with E-state index in [2.05, 4.69) is 75.3 Å². The highest BCUT2D eigenvalue weighted by Gasteiger charge is 2.13. The quantitative estimate of drug-likeness (QED) is 0.860. The fourth-order valence-electron chi connectivity index (χ4n) is 2.24. The molecule has 20 heavy (non-hydrogen) atoms. The van der Waals surface area contributed by atoms with Crippen LogP contribution in [0.5, 0.6) is 0 Å². The molecule has 0 spiro atoms. The summed E-state index contributed by atoms with van der Waals surface area (Å²) in [5, 5.41) is 8.06. The Kier molecular flexibility index (Phi) is 5.38. The number of hydrogen-bond donors (Lipinski definition) is 1. The topological polar surface area (TPSA) is 29.9 Å². The Labute approximate surface area is 129 Å². The first-order valence-corrected chi connectivity index (χ1v) is 7.90. The molecule has 108 valence electrons. The number of benzene rings is 1. The summed E-state index contributed by atoms with van der Waals surface area (Å²) in [6.07, 6.45) is 4.08. The molecule has 0 radical (unpaired) electrons. The lowest BCUT2D eigenvalue weighted by Crippen LogP contribution is -2.19. The maximum absolute atomic E-state index is 4.68. The first kappa shape index (κ1) is 15.3. The van der Waals surface area contributed by atoms with Crippen molar-refractivity contribution in [3.05, 3.63) is 52.3 Å². The standard InChI is InChI=1S/C16H22BrN3/c1-4-12(2)20-9-8-15(19-20)11-16(18-3)13-6-5-7-14(17)10-13/h5-10,12,16,18H,4,11H2,1-3H3. The second-order valence-corrected chi connectivity index (χ2v) is 6.06. The fraction of sp³-hybridized carbons (Fsp3) is 0.438. The molecule has 1 aromatic carbocycles. The van der Waals surface area contributed by atoms with Crippen LogP contribution in [0.25, 0.3) is 0 Å². The highest BCUT2D eigenvalue weighted by Crippen LogP contribution is 2.21. The van der Waals surface area contributed by atoms with E-state index < -0.39 is 0 Å². The van der Waals surface area contributed by atoms with E-state index in [1.54, 1.807) is 0 Å². The van der Waals surface area contributed by atoms with Crippen LogP contribution < -0.4 is 5.32 Å². The van der Waals surface area contributed by atoms with Crippen molar-refractivity contribution in [1.29, 1.82) is 0 Å². The van der Waals surface area contributed by atoms with E-state index in [4.69, 9.17) is 0 Å². The first-order chi connectivity index (χ1) is 9.63. The summed E-state index contributed by atoms with van der Waals surface area (Å²) in [7, 11) is 2.00. The Morgan fingerprint density at radius 3 is 2.80 bits per heavy atom. The van der Waals surface area contributed by atoms with Crippen molar-refractivity contribution in [2.24, 2.45) is 0 Å². The molecule has 0 aliphatic heterocycles. The van der Waals surface area contributed by atoms with Gasteiger partial charge < -0.3 is 5.32 Å². The lowest BCUT2D eigenvalue weighted by atomic mass is 10.0. The molecule has 1 heterocycles. The van der Waals surface area contributed by atoms with Crippen molar-refractivity contribution in [2.75, 3.05) is 7.05 Å². The number of hydrogen-bond acceptors (Lipinski definition) is 2. The van der Waals surface area contributed by atoms with E-state index in [9.17, 15) is 0 Å². The van der Waals surface area contributed by atoms with Crippen molar-refractivity contribution in [2.45, 2.75) is 38.8 Å². The van der Waals surface area contributed by atoms with Crippen molar-refractivity contribution in [3.8, 4) is 0 Å². The average molecular weight is 336 g/mol. The molecule has 4 heteroatoms. The Morgan fingerprint density at radius 1 is 1.35 bits per heavy atom. The molecule has 2 aromatic rings. The van der Waals surface area contributed by atoms with E-state index in [0.29, 0.717) is 6.04 Å². The Morgan fingerprint density at radius 2 is 2.15 bits per heavy atom. The third-order valence-electron chi connectivity index (χ3n) is 3.72. The number of nitrogens with one attached hydrogen (secondary N) is 1. The summed E-state index contributed by atoms with van der Waals surface area (Å²) in [4.78, 5) is 0. The van der Waals surface area contributed by atoms with E-state index in [1.807, 2.05) is 13.1 Å². The molecular weight excluding hydrogens is 314 g/mol. The molecule has 0 fully saturated rings. The lowest BCUT2D eigenvalue weighted by molar-refractivity contribution is 0.469. The lowest BCUT2D eigenvalue weighted by Gasteiger charge is -2.16. The Balaban J connectivity index is 2.12. The molecule has 2 unspecified atom stereocenters. The van der Waals surface area contributed by atoms with Gasteiger partial charge in [0.1, 0.15) is 0 Å². The van der Waals surface area contributed by atoms with Crippen molar-refractivity contribution < 1.29 is 0 Å². The van der Waals surface area contributed by atoms with Crippen molar-refractivity contribution >= 4 is 15.9 Å². The SMILES string of the molecule is CCC(C)n1ccc(CC(NC)c2cccc(Br)c2)n1. The number of likely N-dealkylation sites (N-methyl/N-ethyl adjacent to an activating group) is 1. The molecule has 0 bridgehead atoms. The number of halogens is 1. The third-order valence-corrected chi connectivity index (χ3v) is 4.21. The number of aromatic nitrogens is 2. The highest BCUT2D eigenvalue weighted by atomic mass is 79.9. The summed E-state index contributed by atoms with van der Waals surface area (Å²) < 4.78 is 3.17. The summed E-state index contributed by atoms with van der Waals surface area (Å²) in [6.45, 7) is 4.38. The van der Waals surface area contributed by atoms with Crippen LogP contribution in [-0.4, -0.2) is 16.8 Å². The number of nitrogens with zero attached hydrogens (tertiary/aromatic N) is 2. The van der Waals surface area contributed by atoms with Gasteiger partial charge >= 0.3 is 0 Å².